The standard InChI is InChI=1S/C22H20ClN3O2/c1-4-9-26-21(14-5-7-15(23)8-6-14)18-19(24-25-20(18)22(26)28)17-13(3)10-12(2)11-16(17)27/h4-8,10-11,21,27H,1,9H2,2-3H3,(H,24,25). The number of aromatic amines is 1. The first-order chi connectivity index (χ1) is 13.4. The highest BCUT2D eigenvalue weighted by Crippen LogP contribution is 2.45. The number of aromatic hydroxyl groups is 1. The molecule has 1 aliphatic heterocycles. The number of H-pyrrole nitrogens is 1. The van der Waals surface area contributed by atoms with Crippen LogP contribution < -0.4 is 0 Å². The maximum atomic E-state index is 13.0. The molecule has 0 radical (unpaired) electrons. The van der Waals surface area contributed by atoms with Gasteiger partial charge >= 0.3 is 0 Å². The van der Waals surface area contributed by atoms with Crippen LogP contribution in [0.15, 0.2) is 49.1 Å². The van der Waals surface area contributed by atoms with Gasteiger partial charge in [-0.05, 0) is 48.7 Å². The Morgan fingerprint density at radius 1 is 1.29 bits per heavy atom. The van der Waals surface area contributed by atoms with E-state index >= 15 is 0 Å². The van der Waals surface area contributed by atoms with Crippen LogP contribution in [0.1, 0.15) is 38.8 Å². The van der Waals surface area contributed by atoms with Crippen molar-refractivity contribution >= 4 is 17.5 Å². The molecule has 1 unspecified atom stereocenters. The number of amides is 1. The van der Waals surface area contributed by atoms with Crippen molar-refractivity contribution in [3.05, 3.63) is 82.0 Å². The average Bonchev–Trinajstić information content (AvgIpc) is 3.16. The van der Waals surface area contributed by atoms with Crippen LogP contribution in [0, 0.1) is 13.8 Å². The number of nitrogens with zero attached hydrogens (tertiary/aromatic N) is 2. The van der Waals surface area contributed by atoms with Gasteiger partial charge in [0, 0.05) is 22.7 Å². The molecule has 1 aliphatic rings. The second-order valence-corrected chi connectivity index (χ2v) is 7.47. The molecule has 2 aromatic carbocycles. The highest BCUT2D eigenvalue weighted by molar-refractivity contribution is 6.30. The van der Waals surface area contributed by atoms with Crippen molar-refractivity contribution < 1.29 is 9.90 Å². The maximum absolute atomic E-state index is 13.0. The van der Waals surface area contributed by atoms with Crippen LogP contribution in [0.3, 0.4) is 0 Å². The van der Waals surface area contributed by atoms with Crippen LogP contribution in [0.4, 0.5) is 0 Å². The van der Waals surface area contributed by atoms with Crippen molar-refractivity contribution in [3.8, 4) is 17.0 Å². The predicted molar refractivity (Wildman–Crippen MR) is 110 cm³/mol. The minimum atomic E-state index is -0.341. The number of phenolic OH excluding ortho intramolecular Hbond substituents is 1. The Bertz CT molecular complexity index is 1060. The number of halogens is 1. The van der Waals surface area contributed by atoms with Gasteiger partial charge in [0.05, 0.1) is 6.04 Å². The number of benzene rings is 2. The van der Waals surface area contributed by atoms with Crippen LogP contribution in [-0.2, 0) is 0 Å². The van der Waals surface area contributed by atoms with E-state index in [2.05, 4.69) is 16.8 Å². The highest BCUT2D eigenvalue weighted by atomic mass is 35.5. The van der Waals surface area contributed by atoms with Crippen molar-refractivity contribution in [3.63, 3.8) is 0 Å². The maximum Gasteiger partial charge on any atom is 0.273 e. The van der Waals surface area contributed by atoms with Gasteiger partial charge in [-0.3, -0.25) is 9.89 Å². The molecule has 0 bridgehead atoms. The van der Waals surface area contributed by atoms with Gasteiger partial charge in [0.1, 0.15) is 17.1 Å². The molecule has 0 spiro atoms. The second-order valence-electron chi connectivity index (χ2n) is 7.04. The number of carbonyl (C=O) groups excluding carboxylic acids is 1. The molecule has 0 fully saturated rings. The Hall–Kier alpha value is -3.05. The highest BCUT2D eigenvalue weighted by Gasteiger charge is 2.42. The van der Waals surface area contributed by atoms with Gasteiger partial charge in [-0.2, -0.15) is 5.10 Å². The van der Waals surface area contributed by atoms with Gasteiger partial charge in [0.2, 0.25) is 0 Å². The van der Waals surface area contributed by atoms with Crippen LogP contribution in [0.25, 0.3) is 11.3 Å². The van der Waals surface area contributed by atoms with Gasteiger partial charge in [-0.25, -0.2) is 0 Å². The number of fused-ring (bicyclic) bond motifs is 1. The molecule has 0 saturated carbocycles. The first-order valence-electron chi connectivity index (χ1n) is 8.98. The van der Waals surface area contributed by atoms with Crippen molar-refractivity contribution in [2.75, 3.05) is 6.54 Å². The van der Waals surface area contributed by atoms with E-state index in [-0.39, 0.29) is 17.7 Å². The molecule has 6 heteroatoms. The van der Waals surface area contributed by atoms with E-state index in [0.717, 1.165) is 22.3 Å². The summed E-state index contributed by atoms with van der Waals surface area (Å²) >= 11 is 6.06. The SMILES string of the molecule is C=CCN1C(=O)c2[nH]nc(-c3c(C)cc(C)cc3O)c2C1c1ccc(Cl)cc1. The third kappa shape index (κ3) is 2.79. The van der Waals surface area contributed by atoms with E-state index in [1.54, 1.807) is 29.2 Å². The summed E-state index contributed by atoms with van der Waals surface area (Å²) in [6, 6.07) is 10.8. The number of rotatable bonds is 4. The van der Waals surface area contributed by atoms with Crippen LogP contribution in [0.2, 0.25) is 5.02 Å². The number of aromatic nitrogens is 2. The van der Waals surface area contributed by atoms with Crippen molar-refractivity contribution in [2.24, 2.45) is 0 Å². The lowest BCUT2D eigenvalue weighted by Gasteiger charge is -2.25. The molecule has 4 rings (SSSR count). The fourth-order valence-corrected chi connectivity index (χ4v) is 4.09. The molecule has 0 saturated heterocycles. The number of hydrogen-bond acceptors (Lipinski definition) is 3. The number of aryl methyl sites for hydroxylation is 2. The molecule has 142 valence electrons. The predicted octanol–water partition coefficient (Wildman–Crippen LogP) is 4.78. The number of nitrogens with one attached hydrogen (secondary N) is 1. The lowest BCUT2D eigenvalue weighted by molar-refractivity contribution is 0.0764. The zero-order valence-corrected chi connectivity index (χ0v) is 16.4. The van der Waals surface area contributed by atoms with E-state index < -0.39 is 0 Å². The first-order valence-corrected chi connectivity index (χ1v) is 9.36. The Labute approximate surface area is 168 Å². The van der Waals surface area contributed by atoms with Crippen LogP contribution >= 0.6 is 11.6 Å². The summed E-state index contributed by atoms with van der Waals surface area (Å²) in [6.07, 6.45) is 1.70. The molecule has 28 heavy (non-hydrogen) atoms. The second kappa shape index (κ2) is 6.84. The Morgan fingerprint density at radius 3 is 2.64 bits per heavy atom. The zero-order valence-electron chi connectivity index (χ0n) is 15.7. The molecule has 2 N–H and O–H groups in total. The summed E-state index contributed by atoms with van der Waals surface area (Å²) in [6.45, 7) is 8.04. The van der Waals surface area contributed by atoms with E-state index in [0.29, 0.717) is 28.5 Å². The van der Waals surface area contributed by atoms with Crippen molar-refractivity contribution in [1.29, 1.82) is 0 Å². The largest absolute Gasteiger partial charge is 0.507 e. The third-order valence-electron chi connectivity index (χ3n) is 5.07. The molecule has 0 aliphatic carbocycles. The summed E-state index contributed by atoms with van der Waals surface area (Å²) in [7, 11) is 0. The number of carbonyl (C=O) groups is 1. The monoisotopic (exact) mass is 393 g/mol. The van der Waals surface area contributed by atoms with Crippen molar-refractivity contribution in [2.45, 2.75) is 19.9 Å². The molecular weight excluding hydrogens is 374 g/mol. The zero-order chi connectivity index (χ0) is 20.0. The number of hydrogen-bond donors (Lipinski definition) is 2. The molecule has 1 amide bonds. The van der Waals surface area contributed by atoms with Gasteiger partial charge in [0.25, 0.3) is 5.91 Å². The molecule has 1 atom stereocenters. The summed E-state index contributed by atoms with van der Waals surface area (Å²) in [5.41, 5.74) is 5.21. The lowest BCUT2D eigenvalue weighted by Crippen LogP contribution is -2.29. The van der Waals surface area contributed by atoms with E-state index in [9.17, 15) is 9.90 Å². The molecular formula is C22H20ClN3O2. The minimum Gasteiger partial charge on any atom is -0.507 e. The molecule has 3 aromatic rings. The molecule has 1 aromatic heterocycles. The Kier molecular flexibility index (Phi) is 4.47. The Morgan fingerprint density at radius 2 is 2.00 bits per heavy atom. The van der Waals surface area contributed by atoms with Gasteiger partial charge < -0.3 is 10.0 Å². The average molecular weight is 394 g/mol. The topological polar surface area (TPSA) is 69.2 Å². The first kappa shape index (κ1) is 18.3. The number of phenols is 1. The minimum absolute atomic E-state index is 0.141. The van der Waals surface area contributed by atoms with Gasteiger partial charge in [-0.15, -0.1) is 6.58 Å². The molecule has 5 nitrogen and oxygen atoms in total. The third-order valence-corrected chi connectivity index (χ3v) is 5.32. The van der Waals surface area contributed by atoms with Gasteiger partial charge in [-0.1, -0.05) is 35.9 Å². The summed E-state index contributed by atoms with van der Waals surface area (Å²) in [5, 5.41) is 18.5. The fraction of sp³-hybridized carbons (Fsp3) is 0.182. The van der Waals surface area contributed by atoms with Gasteiger partial charge in [0.15, 0.2) is 0 Å². The van der Waals surface area contributed by atoms with E-state index in [1.807, 2.05) is 32.0 Å². The van der Waals surface area contributed by atoms with Crippen LogP contribution in [0.5, 0.6) is 5.75 Å². The normalized spacial score (nSPS) is 15.8. The van der Waals surface area contributed by atoms with Crippen LogP contribution in [-0.4, -0.2) is 32.7 Å². The quantitative estimate of drug-likeness (QED) is 0.626. The fourth-order valence-electron chi connectivity index (χ4n) is 3.96. The van der Waals surface area contributed by atoms with Crippen molar-refractivity contribution in [1.82, 2.24) is 15.1 Å². The summed E-state index contributed by atoms with van der Waals surface area (Å²) < 4.78 is 0. The lowest BCUT2D eigenvalue weighted by atomic mass is 9.93. The molecule has 2 heterocycles. The van der Waals surface area contributed by atoms with E-state index in [1.165, 1.54) is 0 Å². The smallest absolute Gasteiger partial charge is 0.273 e. The van der Waals surface area contributed by atoms with E-state index in [4.69, 9.17) is 11.6 Å². The summed E-state index contributed by atoms with van der Waals surface area (Å²) in [4.78, 5) is 14.8. The summed E-state index contributed by atoms with van der Waals surface area (Å²) in [5.74, 6) is 0.00845. The Balaban J connectivity index is 1.95.